The number of nitrogens with one attached hydrogen (secondary N) is 2. The molecule has 0 radical (unpaired) electrons. The Kier molecular flexibility index (Phi) is 8.64. The van der Waals surface area contributed by atoms with Crippen molar-refractivity contribution >= 4 is 29.2 Å². The first-order valence-corrected chi connectivity index (χ1v) is 13.8. The number of carbonyl (C=O) groups excluding carboxylic acids is 3. The molecule has 1 aromatic carbocycles. The van der Waals surface area contributed by atoms with E-state index in [-0.39, 0.29) is 29.7 Å². The minimum atomic E-state index is -4.82. The summed E-state index contributed by atoms with van der Waals surface area (Å²) in [4.78, 5) is 43.3. The maximum Gasteiger partial charge on any atom is 0.573 e. The number of carbonyl (C=O) groups is 3. The molecule has 0 unspecified atom stereocenters. The van der Waals surface area contributed by atoms with Crippen LogP contribution in [0.4, 0.5) is 18.0 Å². The Balaban J connectivity index is 1.24. The molecule has 2 aromatic rings. The van der Waals surface area contributed by atoms with Crippen molar-refractivity contribution in [2.24, 2.45) is 0 Å². The molecule has 2 N–H and O–H groups in total. The fourth-order valence-electron chi connectivity index (χ4n) is 4.37. The molecule has 218 valence electrons. The number of amides is 3. The Morgan fingerprint density at radius 3 is 2.30 bits per heavy atom. The Labute approximate surface area is 234 Å². The minimum absolute atomic E-state index is 0.0877. The molecule has 0 spiro atoms. The summed E-state index contributed by atoms with van der Waals surface area (Å²) >= 11 is 1.31. The molecule has 1 saturated heterocycles. The molecule has 2 aliphatic rings. The highest BCUT2D eigenvalue weighted by Crippen LogP contribution is 2.38. The van der Waals surface area contributed by atoms with Crippen molar-refractivity contribution in [2.75, 3.05) is 26.2 Å². The van der Waals surface area contributed by atoms with Crippen molar-refractivity contribution in [3.05, 3.63) is 51.7 Å². The van der Waals surface area contributed by atoms with Gasteiger partial charge < -0.3 is 25.0 Å². The minimum Gasteiger partial charge on any atom is -0.444 e. The van der Waals surface area contributed by atoms with Crippen LogP contribution in [0.3, 0.4) is 0 Å². The Bertz CT molecular complexity index is 1230. The van der Waals surface area contributed by atoms with Crippen molar-refractivity contribution in [1.29, 1.82) is 0 Å². The molecule has 2 fully saturated rings. The number of rotatable bonds is 8. The van der Waals surface area contributed by atoms with Gasteiger partial charge in [0.25, 0.3) is 5.91 Å². The lowest BCUT2D eigenvalue weighted by Gasteiger charge is -2.36. The van der Waals surface area contributed by atoms with E-state index >= 15 is 0 Å². The SMILES string of the molecule is CC(C)(C)OC(=O)NC1(C(=O)N2CCN(Cc3ccc(C(=O)NCc4ccccc4OC(F)(F)F)s3)CC2)CC1. The third-order valence-electron chi connectivity index (χ3n) is 6.46. The summed E-state index contributed by atoms with van der Waals surface area (Å²) in [5.41, 5.74) is -1.31. The van der Waals surface area contributed by atoms with Crippen LogP contribution < -0.4 is 15.4 Å². The Morgan fingerprint density at radius 2 is 1.68 bits per heavy atom. The summed E-state index contributed by atoms with van der Waals surface area (Å²) in [6.07, 6.45) is -4.23. The first-order chi connectivity index (χ1) is 18.7. The molecule has 1 aliphatic carbocycles. The third kappa shape index (κ3) is 8.10. The number of hydrogen-bond acceptors (Lipinski definition) is 7. The van der Waals surface area contributed by atoms with Crippen molar-refractivity contribution in [3.8, 4) is 5.75 Å². The Morgan fingerprint density at radius 1 is 1.00 bits per heavy atom. The number of thiophene rings is 1. The van der Waals surface area contributed by atoms with E-state index in [0.717, 1.165) is 4.88 Å². The van der Waals surface area contributed by atoms with Gasteiger partial charge in [0.15, 0.2) is 0 Å². The molecule has 13 heteroatoms. The zero-order valence-corrected chi connectivity index (χ0v) is 23.4. The van der Waals surface area contributed by atoms with Crippen molar-refractivity contribution in [2.45, 2.75) is 64.2 Å². The van der Waals surface area contributed by atoms with E-state index in [1.54, 1.807) is 37.8 Å². The molecular weight excluding hydrogens is 549 g/mol. The van der Waals surface area contributed by atoms with Gasteiger partial charge in [0.2, 0.25) is 5.91 Å². The first kappa shape index (κ1) is 29.7. The maximum atomic E-state index is 13.1. The van der Waals surface area contributed by atoms with Crippen molar-refractivity contribution < 1.29 is 37.0 Å². The smallest absolute Gasteiger partial charge is 0.444 e. The van der Waals surface area contributed by atoms with Crippen LogP contribution in [-0.4, -0.2) is 71.4 Å². The maximum absolute atomic E-state index is 13.1. The van der Waals surface area contributed by atoms with Crippen LogP contribution in [0.15, 0.2) is 36.4 Å². The van der Waals surface area contributed by atoms with Gasteiger partial charge in [0, 0.05) is 49.7 Å². The number of hydrogen-bond donors (Lipinski definition) is 2. The first-order valence-electron chi connectivity index (χ1n) is 13.0. The lowest BCUT2D eigenvalue weighted by Crippen LogP contribution is -2.56. The van der Waals surface area contributed by atoms with Crippen LogP contribution in [0.5, 0.6) is 5.75 Å². The normalized spacial score (nSPS) is 17.2. The average molecular weight is 583 g/mol. The van der Waals surface area contributed by atoms with E-state index in [9.17, 15) is 27.6 Å². The van der Waals surface area contributed by atoms with Crippen LogP contribution in [0.2, 0.25) is 0 Å². The number of benzene rings is 1. The summed E-state index contributed by atoms with van der Waals surface area (Å²) in [7, 11) is 0. The monoisotopic (exact) mass is 582 g/mol. The summed E-state index contributed by atoms with van der Waals surface area (Å²) in [5, 5.41) is 5.41. The lowest BCUT2D eigenvalue weighted by molar-refractivity contribution is -0.274. The van der Waals surface area contributed by atoms with Gasteiger partial charge in [0.1, 0.15) is 16.9 Å². The van der Waals surface area contributed by atoms with Crippen LogP contribution in [0, 0.1) is 0 Å². The third-order valence-corrected chi connectivity index (χ3v) is 7.53. The van der Waals surface area contributed by atoms with Crippen molar-refractivity contribution in [1.82, 2.24) is 20.4 Å². The molecule has 1 saturated carbocycles. The van der Waals surface area contributed by atoms with Crippen LogP contribution in [-0.2, 0) is 22.6 Å². The number of piperazine rings is 1. The van der Waals surface area contributed by atoms with Gasteiger partial charge in [-0.2, -0.15) is 0 Å². The highest BCUT2D eigenvalue weighted by Gasteiger charge is 2.54. The molecule has 1 aromatic heterocycles. The number of ether oxygens (including phenoxy) is 2. The summed E-state index contributed by atoms with van der Waals surface area (Å²) in [5.74, 6) is -0.830. The zero-order valence-electron chi connectivity index (χ0n) is 22.6. The molecule has 1 aliphatic heterocycles. The molecule has 0 bridgehead atoms. The molecule has 3 amide bonds. The van der Waals surface area contributed by atoms with Gasteiger partial charge in [-0.3, -0.25) is 14.5 Å². The number of alkyl carbamates (subject to hydrolysis) is 1. The predicted octanol–water partition coefficient (Wildman–Crippen LogP) is 4.28. The second kappa shape index (κ2) is 11.7. The van der Waals surface area contributed by atoms with E-state index in [1.807, 2.05) is 6.07 Å². The molecule has 40 heavy (non-hydrogen) atoms. The van der Waals surface area contributed by atoms with Gasteiger partial charge in [-0.05, 0) is 51.8 Å². The average Bonchev–Trinajstić information content (AvgIpc) is 3.48. The van der Waals surface area contributed by atoms with Gasteiger partial charge in [-0.1, -0.05) is 18.2 Å². The fraction of sp³-hybridized carbons (Fsp3) is 0.519. The van der Waals surface area contributed by atoms with E-state index in [2.05, 4.69) is 20.3 Å². The number of alkyl halides is 3. The van der Waals surface area contributed by atoms with Crippen molar-refractivity contribution in [3.63, 3.8) is 0 Å². The fourth-order valence-corrected chi connectivity index (χ4v) is 5.34. The van der Waals surface area contributed by atoms with Crippen LogP contribution in [0.25, 0.3) is 0 Å². The molecule has 9 nitrogen and oxygen atoms in total. The number of para-hydroxylation sites is 1. The lowest BCUT2D eigenvalue weighted by atomic mass is 10.2. The van der Waals surface area contributed by atoms with E-state index in [4.69, 9.17) is 4.74 Å². The number of halogens is 3. The summed E-state index contributed by atoms with van der Waals surface area (Å²) in [6.45, 7) is 8.13. The van der Waals surface area contributed by atoms with Gasteiger partial charge >= 0.3 is 12.5 Å². The molecule has 4 rings (SSSR count). The second-order valence-electron chi connectivity index (χ2n) is 10.9. The predicted molar refractivity (Wildman–Crippen MR) is 142 cm³/mol. The van der Waals surface area contributed by atoms with Crippen LogP contribution in [0.1, 0.15) is 53.7 Å². The summed E-state index contributed by atoms with van der Waals surface area (Å²) in [6, 6.07) is 9.20. The zero-order chi connectivity index (χ0) is 29.1. The highest BCUT2D eigenvalue weighted by molar-refractivity contribution is 7.14. The second-order valence-corrected chi connectivity index (χ2v) is 12.0. The van der Waals surface area contributed by atoms with Gasteiger partial charge in [-0.15, -0.1) is 24.5 Å². The van der Waals surface area contributed by atoms with Gasteiger partial charge in [-0.25, -0.2) is 4.79 Å². The van der Waals surface area contributed by atoms with Gasteiger partial charge in [0.05, 0.1) is 4.88 Å². The molecular formula is C27H33F3N4O5S. The van der Waals surface area contributed by atoms with Crippen LogP contribution >= 0.6 is 11.3 Å². The topological polar surface area (TPSA) is 100 Å². The van der Waals surface area contributed by atoms with E-state index in [0.29, 0.717) is 50.4 Å². The number of nitrogens with zero attached hydrogens (tertiary/aromatic N) is 2. The van der Waals surface area contributed by atoms with E-state index in [1.165, 1.54) is 29.5 Å². The highest BCUT2D eigenvalue weighted by atomic mass is 32.1. The largest absolute Gasteiger partial charge is 0.573 e. The molecule has 2 heterocycles. The standard InChI is InChI=1S/C27H33F3N4O5S/c1-25(2,3)39-24(37)32-26(10-11-26)23(36)34-14-12-33(13-15-34)17-19-8-9-21(40-19)22(35)31-16-18-6-4-5-7-20(18)38-27(28,29)30/h4-9H,10-17H2,1-3H3,(H,31,35)(H,32,37). The molecule has 0 atom stereocenters. The Hall–Kier alpha value is -3.32. The summed E-state index contributed by atoms with van der Waals surface area (Å²) < 4.78 is 47.3. The quantitative estimate of drug-likeness (QED) is 0.482. The van der Waals surface area contributed by atoms with E-state index < -0.39 is 23.6 Å².